The second-order valence-electron chi connectivity index (χ2n) is 6.85. The number of carbonyl (C=O) groups is 1. The van der Waals surface area contributed by atoms with Crippen LogP contribution in [0.5, 0.6) is 5.75 Å². The Balaban J connectivity index is 2.03. The number of carbonyl (C=O) groups excluding carboxylic acids is 1. The molecule has 20 heavy (non-hydrogen) atoms. The van der Waals surface area contributed by atoms with Crippen LogP contribution in [0.15, 0.2) is 18.2 Å². The standard InChI is InChI=1S/C17H22O3/c1-4-20-15(19)14-16(2,3)10-17(14)8-7-11-5-6-12(18)9-13(11)17/h5-6,9,14,18H,4,7-8,10H2,1-3H3. The highest BCUT2D eigenvalue weighted by molar-refractivity contribution is 5.78. The zero-order valence-electron chi connectivity index (χ0n) is 12.4. The molecule has 0 amide bonds. The van der Waals surface area contributed by atoms with E-state index in [1.807, 2.05) is 19.1 Å². The van der Waals surface area contributed by atoms with Crippen molar-refractivity contribution in [2.45, 2.75) is 45.4 Å². The van der Waals surface area contributed by atoms with Crippen LogP contribution in [0, 0.1) is 11.3 Å². The zero-order valence-corrected chi connectivity index (χ0v) is 12.4. The van der Waals surface area contributed by atoms with E-state index < -0.39 is 0 Å². The van der Waals surface area contributed by atoms with Gasteiger partial charge >= 0.3 is 5.97 Å². The largest absolute Gasteiger partial charge is 0.508 e. The maximum atomic E-state index is 12.4. The number of aryl methyl sites for hydroxylation is 1. The topological polar surface area (TPSA) is 46.5 Å². The number of hydrogen-bond acceptors (Lipinski definition) is 3. The average Bonchev–Trinajstić information content (AvgIpc) is 2.68. The molecule has 0 bridgehead atoms. The fourth-order valence-corrected chi connectivity index (χ4v) is 4.63. The van der Waals surface area contributed by atoms with Crippen LogP contribution >= 0.6 is 0 Å². The molecule has 2 aliphatic rings. The van der Waals surface area contributed by atoms with E-state index >= 15 is 0 Å². The quantitative estimate of drug-likeness (QED) is 0.842. The first kappa shape index (κ1) is 13.5. The molecular formula is C17H22O3. The first-order valence-corrected chi connectivity index (χ1v) is 7.40. The first-order valence-electron chi connectivity index (χ1n) is 7.40. The van der Waals surface area contributed by atoms with Gasteiger partial charge in [0, 0.05) is 5.41 Å². The lowest BCUT2D eigenvalue weighted by molar-refractivity contribution is -0.170. The van der Waals surface area contributed by atoms with Gasteiger partial charge in [0.2, 0.25) is 0 Å². The summed E-state index contributed by atoms with van der Waals surface area (Å²) >= 11 is 0. The molecule has 3 heteroatoms. The number of phenols is 1. The fraction of sp³-hybridized carbons (Fsp3) is 0.588. The van der Waals surface area contributed by atoms with Crippen molar-refractivity contribution in [2.24, 2.45) is 11.3 Å². The van der Waals surface area contributed by atoms with Gasteiger partial charge in [0.25, 0.3) is 0 Å². The van der Waals surface area contributed by atoms with E-state index in [0.29, 0.717) is 6.61 Å². The van der Waals surface area contributed by atoms with Crippen LogP contribution in [0.4, 0.5) is 0 Å². The van der Waals surface area contributed by atoms with Gasteiger partial charge < -0.3 is 9.84 Å². The average molecular weight is 274 g/mol. The van der Waals surface area contributed by atoms with E-state index in [4.69, 9.17) is 4.74 Å². The normalized spacial score (nSPS) is 29.9. The molecule has 0 heterocycles. The summed E-state index contributed by atoms with van der Waals surface area (Å²) < 4.78 is 5.31. The summed E-state index contributed by atoms with van der Waals surface area (Å²) in [5, 5.41) is 9.79. The van der Waals surface area contributed by atoms with Crippen LogP contribution in [0.25, 0.3) is 0 Å². The molecule has 1 aromatic carbocycles. The van der Waals surface area contributed by atoms with Gasteiger partial charge in [-0.05, 0) is 54.9 Å². The van der Waals surface area contributed by atoms with E-state index in [1.54, 1.807) is 6.07 Å². The van der Waals surface area contributed by atoms with Crippen LogP contribution in [0.3, 0.4) is 0 Å². The molecule has 1 aromatic rings. The van der Waals surface area contributed by atoms with Crippen LogP contribution in [-0.4, -0.2) is 17.7 Å². The van der Waals surface area contributed by atoms with Gasteiger partial charge in [-0.1, -0.05) is 19.9 Å². The Labute approximate surface area is 120 Å². The van der Waals surface area contributed by atoms with Crippen molar-refractivity contribution in [3.8, 4) is 5.75 Å². The molecule has 108 valence electrons. The highest BCUT2D eigenvalue weighted by atomic mass is 16.5. The summed E-state index contributed by atoms with van der Waals surface area (Å²) in [4.78, 5) is 12.4. The van der Waals surface area contributed by atoms with Crippen molar-refractivity contribution in [1.82, 2.24) is 0 Å². The third-order valence-electron chi connectivity index (χ3n) is 5.10. The monoisotopic (exact) mass is 274 g/mol. The minimum absolute atomic E-state index is 0.0284. The number of aromatic hydroxyl groups is 1. The summed E-state index contributed by atoms with van der Waals surface area (Å²) in [7, 11) is 0. The van der Waals surface area contributed by atoms with Crippen LogP contribution in [0.1, 0.15) is 44.7 Å². The van der Waals surface area contributed by atoms with E-state index in [9.17, 15) is 9.90 Å². The molecule has 2 atom stereocenters. The van der Waals surface area contributed by atoms with E-state index in [2.05, 4.69) is 13.8 Å². The van der Waals surface area contributed by atoms with Gasteiger partial charge in [-0.15, -0.1) is 0 Å². The lowest BCUT2D eigenvalue weighted by atomic mass is 9.44. The van der Waals surface area contributed by atoms with Crippen LogP contribution in [-0.2, 0) is 21.4 Å². The Hall–Kier alpha value is -1.51. The molecule has 0 aromatic heterocycles. The predicted molar refractivity (Wildman–Crippen MR) is 76.6 cm³/mol. The molecular weight excluding hydrogens is 252 g/mol. The first-order chi connectivity index (χ1) is 9.40. The number of rotatable bonds is 2. The molecule has 1 saturated carbocycles. The molecule has 1 fully saturated rings. The molecule has 1 N–H and O–H groups in total. The van der Waals surface area contributed by atoms with E-state index in [1.165, 1.54) is 5.56 Å². The van der Waals surface area contributed by atoms with Crippen molar-refractivity contribution in [3.63, 3.8) is 0 Å². The van der Waals surface area contributed by atoms with Gasteiger partial charge in [0.05, 0.1) is 12.5 Å². The minimum Gasteiger partial charge on any atom is -0.508 e. The number of esters is 1. The predicted octanol–water partition coefficient (Wildman–Crippen LogP) is 3.19. The molecule has 3 rings (SSSR count). The Morgan fingerprint density at radius 3 is 2.85 bits per heavy atom. The molecule has 0 aliphatic heterocycles. The van der Waals surface area contributed by atoms with Crippen molar-refractivity contribution >= 4 is 5.97 Å². The summed E-state index contributed by atoms with van der Waals surface area (Å²) in [5.74, 6) is 0.107. The third-order valence-corrected chi connectivity index (χ3v) is 5.10. The van der Waals surface area contributed by atoms with Crippen molar-refractivity contribution in [3.05, 3.63) is 29.3 Å². The zero-order chi connectivity index (χ0) is 14.5. The van der Waals surface area contributed by atoms with Crippen molar-refractivity contribution in [1.29, 1.82) is 0 Å². The van der Waals surface area contributed by atoms with Gasteiger partial charge in [0.15, 0.2) is 0 Å². The van der Waals surface area contributed by atoms with E-state index in [0.717, 1.165) is 24.8 Å². The molecule has 3 nitrogen and oxygen atoms in total. The fourth-order valence-electron chi connectivity index (χ4n) is 4.63. The third kappa shape index (κ3) is 1.68. The van der Waals surface area contributed by atoms with Gasteiger partial charge in [-0.2, -0.15) is 0 Å². The maximum Gasteiger partial charge on any atom is 0.310 e. The number of benzene rings is 1. The van der Waals surface area contributed by atoms with Crippen LogP contribution in [0.2, 0.25) is 0 Å². The molecule has 2 aliphatic carbocycles. The summed E-state index contributed by atoms with van der Waals surface area (Å²) in [6.07, 6.45) is 2.96. The Kier molecular flexibility index (Phi) is 2.86. The van der Waals surface area contributed by atoms with E-state index in [-0.39, 0.29) is 28.5 Å². The second kappa shape index (κ2) is 4.24. The lowest BCUT2D eigenvalue weighted by Crippen LogP contribution is -2.59. The van der Waals surface area contributed by atoms with Gasteiger partial charge in [-0.25, -0.2) is 0 Å². The molecule has 0 saturated heterocycles. The molecule has 0 radical (unpaired) electrons. The second-order valence-corrected chi connectivity index (χ2v) is 6.85. The summed E-state index contributed by atoms with van der Waals surface area (Å²) in [6, 6.07) is 5.58. The SMILES string of the molecule is CCOC(=O)C1C(C)(C)CC12CCc1ccc(O)cc12. The highest BCUT2D eigenvalue weighted by Crippen LogP contribution is 2.65. The molecule has 2 unspecified atom stereocenters. The molecule has 1 spiro atoms. The van der Waals surface area contributed by atoms with Gasteiger partial charge in [-0.3, -0.25) is 4.79 Å². The Bertz CT molecular complexity index is 561. The number of ether oxygens (including phenoxy) is 1. The van der Waals surface area contributed by atoms with Crippen molar-refractivity contribution < 1.29 is 14.6 Å². The van der Waals surface area contributed by atoms with Crippen LogP contribution < -0.4 is 0 Å². The smallest absolute Gasteiger partial charge is 0.310 e. The Morgan fingerprint density at radius 2 is 2.20 bits per heavy atom. The maximum absolute atomic E-state index is 12.4. The number of hydrogen-bond donors (Lipinski definition) is 1. The number of fused-ring (bicyclic) bond motifs is 2. The minimum atomic E-state index is -0.121. The van der Waals surface area contributed by atoms with Gasteiger partial charge in [0.1, 0.15) is 5.75 Å². The lowest BCUT2D eigenvalue weighted by Gasteiger charge is -2.58. The summed E-state index contributed by atoms with van der Waals surface area (Å²) in [6.45, 7) is 6.56. The summed E-state index contributed by atoms with van der Waals surface area (Å²) in [5.41, 5.74) is 2.28. The Morgan fingerprint density at radius 1 is 1.45 bits per heavy atom. The highest BCUT2D eigenvalue weighted by Gasteiger charge is 2.64. The number of phenolic OH excluding ortho intramolecular Hbond substituents is 1. The van der Waals surface area contributed by atoms with Crippen molar-refractivity contribution in [2.75, 3.05) is 6.61 Å².